The summed E-state index contributed by atoms with van der Waals surface area (Å²) in [4.78, 5) is 12.4. The molecule has 0 heterocycles. The third kappa shape index (κ3) is 11.2. The minimum atomic E-state index is -0.237. The zero-order chi connectivity index (χ0) is 24.4. The summed E-state index contributed by atoms with van der Waals surface area (Å²) in [5, 5.41) is 0. The Hall–Kier alpha value is -2.29. The van der Waals surface area contributed by atoms with Gasteiger partial charge in [0.2, 0.25) is 0 Å². The number of hydrogen-bond donors (Lipinski definition) is 0. The number of rotatable bonds is 18. The topological polar surface area (TPSA) is 35.5 Å². The summed E-state index contributed by atoms with van der Waals surface area (Å²) in [6.07, 6.45) is 16.1. The highest BCUT2D eigenvalue weighted by Gasteiger charge is 2.12. The molecule has 3 heteroatoms. The molecule has 0 N–H and O–H groups in total. The molecule has 0 aliphatic heterocycles. The summed E-state index contributed by atoms with van der Waals surface area (Å²) in [6, 6.07) is 15.9. The zero-order valence-corrected chi connectivity index (χ0v) is 21.8. The quantitative estimate of drug-likeness (QED) is 0.162. The van der Waals surface area contributed by atoms with Crippen molar-refractivity contribution in [1.29, 1.82) is 0 Å². The lowest BCUT2D eigenvalue weighted by molar-refractivity contribution is 0.0319. The summed E-state index contributed by atoms with van der Waals surface area (Å²) < 4.78 is 11.5. The molecular formula is C31H46O3. The maximum atomic E-state index is 12.4. The second-order valence-electron chi connectivity index (χ2n) is 9.49. The summed E-state index contributed by atoms with van der Waals surface area (Å²) in [7, 11) is 0. The van der Waals surface area contributed by atoms with Gasteiger partial charge < -0.3 is 9.47 Å². The molecule has 3 nitrogen and oxygen atoms in total. The molecule has 0 spiro atoms. The first kappa shape index (κ1) is 28.0. The van der Waals surface area contributed by atoms with E-state index in [1.165, 1.54) is 64.2 Å². The van der Waals surface area contributed by atoms with Crippen molar-refractivity contribution >= 4 is 5.97 Å². The third-order valence-corrected chi connectivity index (χ3v) is 6.35. The predicted molar refractivity (Wildman–Crippen MR) is 144 cm³/mol. The standard InChI is InChI=1S/C31H46O3/c1-4-6-8-10-11-12-13-15-25-33-30-23-21-28(22-24-30)27-17-19-29(20-18-27)31(32)34-26(3)16-14-9-7-5-2/h17-24,26H,4-16,25H2,1-3H3/t26-/m1/s1. The van der Waals surface area contributed by atoms with Crippen LogP contribution in [0.2, 0.25) is 0 Å². The molecule has 0 bridgehead atoms. The maximum Gasteiger partial charge on any atom is 0.338 e. The number of carbonyl (C=O) groups excluding carboxylic acids is 1. The van der Waals surface area contributed by atoms with E-state index in [4.69, 9.17) is 9.47 Å². The van der Waals surface area contributed by atoms with Gasteiger partial charge in [-0.05, 0) is 61.6 Å². The van der Waals surface area contributed by atoms with Gasteiger partial charge >= 0.3 is 5.97 Å². The van der Waals surface area contributed by atoms with Crippen LogP contribution in [-0.2, 0) is 4.74 Å². The van der Waals surface area contributed by atoms with Crippen LogP contribution < -0.4 is 4.74 Å². The number of hydrogen-bond acceptors (Lipinski definition) is 3. The fourth-order valence-corrected chi connectivity index (χ4v) is 4.14. The van der Waals surface area contributed by atoms with Crippen LogP contribution in [0.4, 0.5) is 0 Å². The molecule has 1 atom stereocenters. The molecule has 0 aliphatic rings. The van der Waals surface area contributed by atoms with Gasteiger partial charge in [-0.2, -0.15) is 0 Å². The molecule has 0 fully saturated rings. The summed E-state index contributed by atoms with van der Waals surface area (Å²) in [5.74, 6) is 0.680. The van der Waals surface area contributed by atoms with Crippen molar-refractivity contribution in [3.05, 3.63) is 54.1 Å². The number of esters is 1. The molecule has 0 unspecified atom stereocenters. The average Bonchev–Trinajstić information content (AvgIpc) is 2.86. The normalized spacial score (nSPS) is 11.9. The molecule has 2 aromatic rings. The van der Waals surface area contributed by atoms with Gasteiger partial charge in [0.15, 0.2) is 0 Å². The van der Waals surface area contributed by atoms with Crippen molar-refractivity contribution in [2.24, 2.45) is 0 Å². The first-order valence-corrected chi connectivity index (χ1v) is 13.7. The SMILES string of the molecule is CCCCCCCCCCOc1ccc(-c2ccc(C(=O)O[C@H](C)CCCCCC)cc2)cc1. The minimum Gasteiger partial charge on any atom is -0.494 e. The summed E-state index contributed by atoms with van der Waals surface area (Å²) in [6.45, 7) is 7.22. The zero-order valence-electron chi connectivity index (χ0n) is 21.8. The summed E-state index contributed by atoms with van der Waals surface area (Å²) in [5.41, 5.74) is 2.80. The van der Waals surface area contributed by atoms with Crippen molar-refractivity contribution in [2.75, 3.05) is 6.61 Å². The Labute approximate surface area is 208 Å². The van der Waals surface area contributed by atoms with Crippen LogP contribution in [-0.4, -0.2) is 18.7 Å². The third-order valence-electron chi connectivity index (χ3n) is 6.35. The van der Waals surface area contributed by atoms with Crippen LogP contribution in [0, 0.1) is 0 Å². The molecule has 0 saturated carbocycles. The molecule has 0 saturated heterocycles. The van der Waals surface area contributed by atoms with Crippen LogP contribution in [0.25, 0.3) is 11.1 Å². The first-order valence-electron chi connectivity index (χ1n) is 13.7. The van der Waals surface area contributed by atoms with Crippen LogP contribution in [0.15, 0.2) is 48.5 Å². The van der Waals surface area contributed by atoms with Crippen molar-refractivity contribution in [2.45, 2.75) is 110 Å². The van der Waals surface area contributed by atoms with Gasteiger partial charge in [0, 0.05) is 0 Å². The highest BCUT2D eigenvalue weighted by atomic mass is 16.5. The fraction of sp³-hybridized carbons (Fsp3) is 0.581. The predicted octanol–water partition coefficient (Wildman–Crippen LogP) is 9.39. The van der Waals surface area contributed by atoms with Gasteiger partial charge in [0.1, 0.15) is 5.75 Å². The van der Waals surface area contributed by atoms with E-state index in [2.05, 4.69) is 26.0 Å². The Bertz CT molecular complexity index is 779. The summed E-state index contributed by atoms with van der Waals surface area (Å²) >= 11 is 0. The smallest absolute Gasteiger partial charge is 0.338 e. The fourth-order valence-electron chi connectivity index (χ4n) is 4.14. The Morgan fingerprint density at radius 3 is 1.76 bits per heavy atom. The Balaban J connectivity index is 1.70. The van der Waals surface area contributed by atoms with Crippen molar-refractivity contribution < 1.29 is 14.3 Å². The Morgan fingerprint density at radius 1 is 0.676 bits per heavy atom. The molecule has 2 rings (SSSR count). The number of benzene rings is 2. The highest BCUT2D eigenvalue weighted by Crippen LogP contribution is 2.23. The van der Waals surface area contributed by atoms with E-state index in [1.54, 1.807) is 0 Å². The van der Waals surface area contributed by atoms with E-state index >= 15 is 0 Å². The Morgan fingerprint density at radius 2 is 1.18 bits per heavy atom. The van der Waals surface area contributed by atoms with Crippen LogP contribution in [0.5, 0.6) is 5.75 Å². The van der Waals surface area contributed by atoms with E-state index in [0.29, 0.717) is 5.56 Å². The van der Waals surface area contributed by atoms with Gasteiger partial charge in [-0.3, -0.25) is 0 Å². The number of carbonyl (C=O) groups is 1. The Kier molecular flexibility index (Phi) is 14.1. The molecular weight excluding hydrogens is 420 g/mol. The monoisotopic (exact) mass is 466 g/mol. The molecule has 0 amide bonds. The van der Waals surface area contributed by atoms with Crippen LogP contribution in [0.1, 0.15) is 115 Å². The molecule has 34 heavy (non-hydrogen) atoms. The van der Waals surface area contributed by atoms with Gasteiger partial charge in [-0.1, -0.05) is 102 Å². The minimum absolute atomic E-state index is 0.0395. The number of unbranched alkanes of at least 4 members (excludes halogenated alkanes) is 10. The second-order valence-corrected chi connectivity index (χ2v) is 9.49. The van der Waals surface area contributed by atoms with Crippen molar-refractivity contribution in [3.63, 3.8) is 0 Å². The maximum absolute atomic E-state index is 12.4. The van der Waals surface area contributed by atoms with E-state index in [-0.39, 0.29) is 12.1 Å². The average molecular weight is 467 g/mol. The lowest BCUT2D eigenvalue weighted by atomic mass is 10.0. The molecule has 2 aromatic carbocycles. The lowest BCUT2D eigenvalue weighted by Crippen LogP contribution is -2.15. The van der Waals surface area contributed by atoms with E-state index in [1.807, 2.05) is 43.3 Å². The van der Waals surface area contributed by atoms with Gasteiger partial charge in [-0.25, -0.2) is 4.79 Å². The van der Waals surface area contributed by atoms with Gasteiger partial charge in [0.05, 0.1) is 18.3 Å². The second kappa shape index (κ2) is 17.2. The number of ether oxygens (including phenoxy) is 2. The molecule has 188 valence electrons. The van der Waals surface area contributed by atoms with Gasteiger partial charge in [-0.15, -0.1) is 0 Å². The molecule has 0 aromatic heterocycles. The molecule has 0 radical (unpaired) electrons. The van der Waals surface area contributed by atoms with Crippen molar-refractivity contribution in [1.82, 2.24) is 0 Å². The van der Waals surface area contributed by atoms with Crippen LogP contribution in [0.3, 0.4) is 0 Å². The van der Waals surface area contributed by atoms with E-state index < -0.39 is 0 Å². The largest absolute Gasteiger partial charge is 0.494 e. The lowest BCUT2D eigenvalue weighted by Gasteiger charge is -2.13. The van der Waals surface area contributed by atoms with E-state index in [0.717, 1.165) is 42.7 Å². The first-order chi connectivity index (χ1) is 16.6. The van der Waals surface area contributed by atoms with Gasteiger partial charge in [0.25, 0.3) is 0 Å². The molecule has 0 aliphatic carbocycles. The highest BCUT2D eigenvalue weighted by molar-refractivity contribution is 5.90. The van der Waals surface area contributed by atoms with Crippen LogP contribution >= 0.6 is 0 Å². The van der Waals surface area contributed by atoms with E-state index in [9.17, 15) is 4.79 Å². The van der Waals surface area contributed by atoms with Crippen molar-refractivity contribution in [3.8, 4) is 16.9 Å².